The van der Waals surface area contributed by atoms with Gasteiger partial charge in [-0.05, 0) is 57.4 Å². The number of benzene rings is 1. The number of anilines is 1. The maximum absolute atomic E-state index is 12.5. The largest absolute Gasteiger partial charge is 0.382 e. The number of aromatic nitrogens is 1. The number of aromatic amines is 1. The van der Waals surface area contributed by atoms with Gasteiger partial charge >= 0.3 is 0 Å². The molecule has 0 spiro atoms. The Bertz CT molecular complexity index is 815. The van der Waals surface area contributed by atoms with Crippen molar-refractivity contribution in [3.8, 4) is 0 Å². The molecule has 1 aliphatic heterocycles. The van der Waals surface area contributed by atoms with Crippen LogP contribution in [0, 0.1) is 11.3 Å². The lowest BCUT2D eigenvalue weighted by Gasteiger charge is -2.35. The van der Waals surface area contributed by atoms with Gasteiger partial charge in [0.15, 0.2) is 0 Å². The molecule has 5 heteroatoms. The van der Waals surface area contributed by atoms with Crippen molar-refractivity contribution < 1.29 is 4.79 Å². The van der Waals surface area contributed by atoms with E-state index in [0.717, 1.165) is 48.9 Å². The molecule has 2 aromatic rings. The summed E-state index contributed by atoms with van der Waals surface area (Å²) in [6, 6.07) is 9.18. The lowest BCUT2D eigenvalue weighted by molar-refractivity contribution is 0.105. The Morgan fingerprint density at radius 1 is 1.26 bits per heavy atom. The van der Waals surface area contributed by atoms with E-state index >= 15 is 0 Å². The van der Waals surface area contributed by atoms with Crippen molar-refractivity contribution >= 4 is 28.1 Å². The summed E-state index contributed by atoms with van der Waals surface area (Å²) in [5.41, 5.74) is 2.73. The normalized spacial score (nSPS) is 17.4. The standard InChI is InChI=1S/C22H32N4O/c1-5-15(4)21(23)22(27)20-13-16-12-18(6-7-19(16)25-20)24-17-8-10-26(11-9-17)14(2)3/h6-7,12-15,17,23-25H,5,8-11H2,1-4H3. The third-order valence-corrected chi connectivity index (χ3v) is 5.85. The number of hydrogen-bond donors (Lipinski definition) is 3. The molecule has 1 saturated heterocycles. The average molecular weight is 369 g/mol. The summed E-state index contributed by atoms with van der Waals surface area (Å²) in [6.45, 7) is 10.7. The number of fused-ring (bicyclic) bond motifs is 1. The van der Waals surface area contributed by atoms with E-state index in [4.69, 9.17) is 5.41 Å². The van der Waals surface area contributed by atoms with Crippen molar-refractivity contribution in [3.63, 3.8) is 0 Å². The molecule has 1 fully saturated rings. The molecule has 146 valence electrons. The first-order valence-corrected chi connectivity index (χ1v) is 10.2. The van der Waals surface area contributed by atoms with E-state index in [9.17, 15) is 4.79 Å². The summed E-state index contributed by atoms with van der Waals surface area (Å²) >= 11 is 0. The number of carbonyl (C=O) groups excluding carboxylic acids is 1. The number of hydrogen-bond acceptors (Lipinski definition) is 4. The van der Waals surface area contributed by atoms with Gasteiger partial charge in [-0.2, -0.15) is 0 Å². The van der Waals surface area contributed by atoms with Crippen molar-refractivity contribution in [3.05, 3.63) is 30.0 Å². The van der Waals surface area contributed by atoms with E-state index in [1.54, 1.807) is 0 Å². The van der Waals surface area contributed by atoms with Crippen LogP contribution in [0.15, 0.2) is 24.3 Å². The monoisotopic (exact) mass is 368 g/mol. The van der Waals surface area contributed by atoms with Crippen molar-refractivity contribution in [1.82, 2.24) is 9.88 Å². The van der Waals surface area contributed by atoms with Crippen LogP contribution >= 0.6 is 0 Å². The average Bonchev–Trinajstić information content (AvgIpc) is 3.10. The summed E-state index contributed by atoms with van der Waals surface area (Å²) < 4.78 is 0. The molecule has 0 amide bonds. The Kier molecular flexibility index (Phi) is 6.00. The molecule has 0 bridgehead atoms. The quantitative estimate of drug-likeness (QED) is 0.490. The molecular weight excluding hydrogens is 336 g/mol. The molecule has 0 aliphatic carbocycles. The van der Waals surface area contributed by atoms with Crippen LogP contribution < -0.4 is 5.32 Å². The SMILES string of the molecule is CCC(C)C(=N)C(=O)c1cc2cc(NC3CCN(C(C)C)CC3)ccc2[nH]1. The lowest BCUT2D eigenvalue weighted by atomic mass is 9.98. The van der Waals surface area contributed by atoms with Crippen molar-refractivity contribution in [2.45, 2.75) is 59.0 Å². The highest BCUT2D eigenvalue weighted by molar-refractivity contribution is 6.45. The third kappa shape index (κ3) is 4.41. The zero-order valence-corrected chi connectivity index (χ0v) is 16.9. The molecular formula is C22H32N4O. The number of carbonyl (C=O) groups is 1. The Balaban J connectivity index is 1.69. The van der Waals surface area contributed by atoms with Gasteiger partial charge in [0.05, 0.1) is 11.4 Å². The minimum absolute atomic E-state index is 0.0159. The fraction of sp³-hybridized carbons (Fsp3) is 0.545. The fourth-order valence-electron chi connectivity index (χ4n) is 3.71. The van der Waals surface area contributed by atoms with Crippen molar-refractivity contribution in [2.24, 2.45) is 5.92 Å². The predicted molar refractivity (Wildman–Crippen MR) is 113 cm³/mol. The minimum Gasteiger partial charge on any atom is -0.382 e. The van der Waals surface area contributed by atoms with Gasteiger partial charge < -0.3 is 20.6 Å². The van der Waals surface area contributed by atoms with Crippen molar-refractivity contribution in [1.29, 1.82) is 5.41 Å². The Labute approximate surface area is 162 Å². The highest BCUT2D eigenvalue weighted by atomic mass is 16.1. The number of rotatable bonds is 7. The fourth-order valence-corrected chi connectivity index (χ4v) is 3.71. The van der Waals surface area contributed by atoms with Gasteiger partial charge in [0, 0.05) is 47.7 Å². The Morgan fingerprint density at radius 2 is 1.96 bits per heavy atom. The van der Waals surface area contributed by atoms with Crippen LogP contribution in [0.3, 0.4) is 0 Å². The zero-order valence-electron chi connectivity index (χ0n) is 16.9. The highest BCUT2D eigenvalue weighted by Crippen LogP contribution is 2.24. The molecule has 3 rings (SSSR count). The first kappa shape index (κ1) is 19.6. The van der Waals surface area contributed by atoms with Crippen LogP contribution in [0.1, 0.15) is 57.4 Å². The highest BCUT2D eigenvalue weighted by Gasteiger charge is 2.21. The topological polar surface area (TPSA) is 72.0 Å². The maximum atomic E-state index is 12.5. The van der Waals surface area contributed by atoms with Gasteiger partial charge in [-0.15, -0.1) is 0 Å². The summed E-state index contributed by atoms with van der Waals surface area (Å²) in [6.07, 6.45) is 3.10. The molecule has 1 atom stereocenters. The number of Topliss-reactive ketones (excluding diaryl/α,β-unsaturated/α-hetero) is 1. The molecule has 1 unspecified atom stereocenters. The molecule has 3 N–H and O–H groups in total. The van der Waals surface area contributed by atoms with E-state index in [0.29, 0.717) is 17.8 Å². The number of ketones is 1. The number of nitrogens with zero attached hydrogens (tertiary/aromatic N) is 1. The van der Waals surface area contributed by atoms with E-state index < -0.39 is 0 Å². The second-order valence-corrected chi connectivity index (χ2v) is 8.09. The van der Waals surface area contributed by atoms with Gasteiger partial charge in [0.25, 0.3) is 0 Å². The van der Waals surface area contributed by atoms with Crippen LogP contribution in [0.5, 0.6) is 0 Å². The summed E-state index contributed by atoms with van der Waals surface area (Å²) in [5, 5.41) is 12.8. The van der Waals surface area contributed by atoms with Crippen LogP contribution in [0.2, 0.25) is 0 Å². The van der Waals surface area contributed by atoms with Gasteiger partial charge in [0.2, 0.25) is 5.78 Å². The van der Waals surface area contributed by atoms with E-state index in [2.05, 4.69) is 41.2 Å². The summed E-state index contributed by atoms with van der Waals surface area (Å²) in [4.78, 5) is 18.2. The van der Waals surface area contributed by atoms with E-state index in [-0.39, 0.29) is 17.4 Å². The minimum atomic E-state index is -0.198. The second kappa shape index (κ2) is 8.26. The second-order valence-electron chi connectivity index (χ2n) is 8.09. The van der Waals surface area contributed by atoms with Crippen LogP contribution in [-0.2, 0) is 0 Å². The molecule has 5 nitrogen and oxygen atoms in total. The van der Waals surface area contributed by atoms with Crippen LogP contribution in [-0.4, -0.2) is 46.6 Å². The first-order valence-electron chi connectivity index (χ1n) is 10.2. The zero-order chi connectivity index (χ0) is 19.6. The molecule has 0 saturated carbocycles. The van der Waals surface area contributed by atoms with Crippen LogP contribution in [0.25, 0.3) is 10.9 Å². The summed E-state index contributed by atoms with van der Waals surface area (Å²) in [5.74, 6) is -0.214. The van der Waals surface area contributed by atoms with E-state index in [1.165, 1.54) is 0 Å². The maximum Gasteiger partial charge on any atom is 0.222 e. The number of piperidine rings is 1. The van der Waals surface area contributed by atoms with Gasteiger partial charge in [-0.25, -0.2) is 0 Å². The molecule has 2 heterocycles. The van der Waals surface area contributed by atoms with Crippen molar-refractivity contribution in [2.75, 3.05) is 18.4 Å². The Morgan fingerprint density at radius 3 is 2.59 bits per heavy atom. The summed E-state index contributed by atoms with van der Waals surface area (Å²) in [7, 11) is 0. The molecule has 1 aromatic heterocycles. The van der Waals surface area contributed by atoms with Gasteiger partial charge in [-0.3, -0.25) is 4.79 Å². The van der Waals surface area contributed by atoms with E-state index in [1.807, 2.05) is 26.0 Å². The van der Waals surface area contributed by atoms with Crippen LogP contribution in [0.4, 0.5) is 5.69 Å². The number of H-pyrrole nitrogens is 1. The molecule has 1 aliphatic rings. The number of nitrogens with one attached hydrogen (secondary N) is 3. The van der Waals surface area contributed by atoms with Gasteiger partial charge in [-0.1, -0.05) is 13.8 Å². The van der Waals surface area contributed by atoms with Gasteiger partial charge in [0.1, 0.15) is 0 Å². The predicted octanol–water partition coefficient (Wildman–Crippen LogP) is 4.70. The first-order chi connectivity index (χ1) is 12.9. The lowest BCUT2D eigenvalue weighted by Crippen LogP contribution is -2.42. The third-order valence-electron chi connectivity index (χ3n) is 5.85. The molecule has 27 heavy (non-hydrogen) atoms. The molecule has 0 radical (unpaired) electrons. The Hall–Kier alpha value is -2.14. The number of likely N-dealkylation sites (tertiary alicyclic amines) is 1. The smallest absolute Gasteiger partial charge is 0.222 e. The molecule has 1 aromatic carbocycles.